The minimum absolute atomic E-state index is 0.117. The van der Waals surface area contributed by atoms with Crippen molar-refractivity contribution in [2.24, 2.45) is 10.7 Å². The third-order valence-electron chi connectivity index (χ3n) is 2.09. The van der Waals surface area contributed by atoms with Crippen molar-refractivity contribution >= 4 is 11.7 Å². The highest BCUT2D eigenvalue weighted by Gasteiger charge is 2.10. The van der Waals surface area contributed by atoms with Crippen molar-refractivity contribution in [2.75, 3.05) is 0 Å². The van der Waals surface area contributed by atoms with Gasteiger partial charge >= 0.3 is 0 Å². The summed E-state index contributed by atoms with van der Waals surface area (Å²) in [6.07, 6.45) is 0. The zero-order chi connectivity index (χ0) is 12.0. The Morgan fingerprint density at radius 1 is 1.44 bits per heavy atom. The van der Waals surface area contributed by atoms with E-state index in [1.165, 1.54) is 0 Å². The smallest absolute Gasteiger partial charge is 0.244 e. The Morgan fingerprint density at radius 2 is 2.06 bits per heavy atom. The number of nitrogens with one attached hydrogen (secondary N) is 1. The summed E-state index contributed by atoms with van der Waals surface area (Å²) < 4.78 is 0. The van der Waals surface area contributed by atoms with Crippen LogP contribution in [0.2, 0.25) is 0 Å². The van der Waals surface area contributed by atoms with Crippen molar-refractivity contribution < 1.29 is 4.79 Å². The number of hydrogen-bond acceptors (Lipinski definition) is 2. The number of amides is 1. The van der Waals surface area contributed by atoms with E-state index < -0.39 is 6.04 Å². The first-order valence-electron chi connectivity index (χ1n) is 5.21. The second-order valence-electron chi connectivity index (χ2n) is 3.65. The van der Waals surface area contributed by atoms with Gasteiger partial charge < -0.3 is 11.1 Å². The Labute approximate surface area is 95.6 Å². The quantitative estimate of drug-likeness (QED) is 0.587. The van der Waals surface area contributed by atoms with E-state index in [4.69, 9.17) is 5.73 Å². The molecule has 3 N–H and O–H groups in total. The molecular weight excluding hydrogens is 202 g/mol. The molecule has 1 aromatic rings. The van der Waals surface area contributed by atoms with Crippen molar-refractivity contribution in [3.8, 4) is 0 Å². The molecule has 0 aliphatic heterocycles. The van der Waals surface area contributed by atoms with Crippen LogP contribution >= 0.6 is 0 Å². The maximum atomic E-state index is 11.6. The van der Waals surface area contributed by atoms with Gasteiger partial charge in [-0.15, -0.1) is 0 Å². The molecule has 0 fully saturated rings. The van der Waals surface area contributed by atoms with E-state index in [0.717, 1.165) is 5.56 Å². The normalized spacial score (nSPS) is 13.2. The monoisotopic (exact) mass is 219 g/mol. The SMILES string of the molecule is CC(N)=NC(C)C(=O)NCc1ccccc1. The third-order valence-corrected chi connectivity index (χ3v) is 2.09. The second kappa shape index (κ2) is 5.90. The number of carbonyl (C=O) groups excluding carboxylic acids is 1. The number of benzene rings is 1. The van der Waals surface area contributed by atoms with Gasteiger partial charge in [0.25, 0.3) is 0 Å². The molecule has 86 valence electrons. The summed E-state index contributed by atoms with van der Waals surface area (Å²) in [6.45, 7) is 3.90. The Kier molecular flexibility index (Phi) is 4.51. The van der Waals surface area contributed by atoms with E-state index >= 15 is 0 Å². The lowest BCUT2D eigenvalue weighted by atomic mass is 10.2. The van der Waals surface area contributed by atoms with Gasteiger partial charge in [-0.1, -0.05) is 30.3 Å². The van der Waals surface area contributed by atoms with Gasteiger partial charge in [-0.05, 0) is 19.4 Å². The van der Waals surface area contributed by atoms with E-state index in [1.54, 1.807) is 13.8 Å². The van der Waals surface area contributed by atoms with Gasteiger partial charge in [-0.3, -0.25) is 9.79 Å². The molecule has 0 aliphatic carbocycles. The summed E-state index contributed by atoms with van der Waals surface area (Å²) in [7, 11) is 0. The van der Waals surface area contributed by atoms with E-state index in [2.05, 4.69) is 10.3 Å². The zero-order valence-corrected chi connectivity index (χ0v) is 9.60. The summed E-state index contributed by atoms with van der Waals surface area (Å²) in [5.74, 6) is 0.302. The summed E-state index contributed by atoms with van der Waals surface area (Å²) in [5.41, 5.74) is 6.47. The fraction of sp³-hybridized carbons (Fsp3) is 0.333. The number of nitrogens with two attached hydrogens (primary N) is 1. The Hall–Kier alpha value is -1.84. The van der Waals surface area contributed by atoms with Crippen LogP contribution in [-0.2, 0) is 11.3 Å². The van der Waals surface area contributed by atoms with Crippen LogP contribution in [0.25, 0.3) is 0 Å². The molecule has 0 saturated carbocycles. The van der Waals surface area contributed by atoms with Crippen LogP contribution in [0, 0.1) is 0 Å². The van der Waals surface area contributed by atoms with Crippen molar-refractivity contribution in [1.29, 1.82) is 0 Å². The largest absolute Gasteiger partial charge is 0.388 e. The fourth-order valence-corrected chi connectivity index (χ4v) is 1.30. The van der Waals surface area contributed by atoms with Gasteiger partial charge in [0.1, 0.15) is 6.04 Å². The molecule has 1 rings (SSSR count). The highest BCUT2D eigenvalue weighted by atomic mass is 16.2. The average Bonchev–Trinajstić information content (AvgIpc) is 2.26. The molecule has 0 saturated heterocycles. The molecule has 4 heteroatoms. The number of hydrogen-bond donors (Lipinski definition) is 2. The Balaban J connectivity index is 2.44. The molecule has 0 spiro atoms. The highest BCUT2D eigenvalue weighted by molar-refractivity contribution is 5.86. The van der Waals surface area contributed by atoms with Gasteiger partial charge in [-0.25, -0.2) is 0 Å². The molecule has 1 atom stereocenters. The Morgan fingerprint density at radius 3 is 2.62 bits per heavy atom. The lowest BCUT2D eigenvalue weighted by Gasteiger charge is -2.08. The van der Waals surface area contributed by atoms with Crippen molar-refractivity contribution in [3.63, 3.8) is 0 Å². The molecule has 1 aromatic carbocycles. The van der Waals surface area contributed by atoms with Crippen molar-refractivity contribution in [2.45, 2.75) is 26.4 Å². The predicted octanol–water partition coefficient (Wildman–Crippen LogP) is 1.07. The molecular formula is C12H17N3O. The highest BCUT2D eigenvalue weighted by Crippen LogP contribution is 1.98. The van der Waals surface area contributed by atoms with E-state index in [0.29, 0.717) is 12.4 Å². The van der Waals surface area contributed by atoms with Crippen LogP contribution in [0.4, 0.5) is 0 Å². The van der Waals surface area contributed by atoms with Gasteiger partial charge in [-0.2, -0.15) is 0 Å². The minimum Gasteiger partial charge on any atom is -0.388 e. The second-order valence-corrected chi connectivity index (χ2v) is 3.65. The van der Waals surface area contributed by atoms with Gasteiger partial charge in [0.05, 0.1) is 5.84 Å². The predicted molar refractivity (Wildman–Crippen MR) is 65.0 cm³/mol. The van der Waals surface area contributed by atoms with E-state index in [-0.39, 0.29) is 5.91 Å². The summed E-state index contributed by atoms with van der Waals surface area (Å²) in [4.78, 5) is 15.6. The molecule has 0 bridgehead atoms. The molecule has 0 aliphatic rings. The lowest BCUT2D eigenvalue weighted by Crippen LogP contribution is -2.32. The van der Waals surface area contributed by atoms with Crippen LogP contribution in [0.5, 0.6) is 0 Å². The van der Waals surface area contributed by atoms with Crippen molar-refractivity contribution in [1.82, 2.24) is 5.32 Å². The number of rotatable bonds is 4. The first kappa shape index (κ1) is 12.2. The lowest BCUT2D eigenvalue weighted by molar-refractivity contribution is -0.122. The van der Waals surface area contributed by atoms with Crippen LogP contribution in [0.3, 0.4) is 0 Å². The number of carbonyl (C=O) groups is 1. The number of aliphatic imine (C=N–C) groups is 1. The molecule has 0 radical (unpaired) electrons. The van der Waals surface area contributed by atoms with Crippen LogP contribution in [0.15, 0.2) is 35.3 Å². The number of nitrogens with zero attached hydrogens (tertiary/aromatic N) is 1. The number of amidine groups is 1. The van der Waals surface area contributed by atoms with Gasteiger partial charge in [0, 0.05) is 6.54 Å². The first-order valence-corrected chi connectivity index (χ1v) is 5.21. The maximum Gasteiger partial charge on any atom is 0.244 e. The standard InChI is InChI=1S/C12H17N3O/c1-9(15-10(2)13)12(16)14-8-11-6-4-3-5-7-11/h3-7,9H,8H2,1-2H3,(H2,13,15)(H,14,16). The van der Waals surface area contributed by atoms with Gasteiger partial charge in [0.15, 0.2) is 0 Å². The molecule has 0 heterocycles. The Bertz CT molecular complexity index is 369. The third kappa shape index (κ3) is 4.13. The first-order chi connectivity index (χ1) is 7.59. The zero-order valence-electron chi connectivity index (χ0n) is 9.60. The summed E-state index contributed by atoms with van der Waals surface area (Å²) in [5, 5.41) is 2.80. The minimum atomic E-state index is -0.436. The van der Waals surface area contributed by atoms with Crippen LogP contribution < -0.4 is 11.1 Å². The maximum absolute atomic E-state index is 11.6. The average molecular weight is 219 g/mol. The molecule has 4 nitrogen and oxygen atoms in total. The summed E-state index contributed by atoms with van der Waals surface area (Å²) >= 11 is 0. The summed E-state index contributed by atoms with van der Waals surface area (Å²) in [6, 6.07) is 9.30. The fourth-order valence-electron chi connectivity index (χ4n) is 1.30. The van der Waals surface area contributed by atoms with Crippen molar-refractivity contribution in [3.05, 3.63) is 35.9 Å². The van der Waals surface area contributed by atoms with Crippen LogP contribution in [0.1, 0.15) is 19.4 Å². The van der Waals surface area contributed by atoms with E-state index in [9.17, 15) is 4.79 Å². The van der Waals surface area contributed by atoms with Gasteiger partial charge in [0.2, 0.25) is 5.91 Å². The topological polar surface area (TPSA) is 67.5 Å². The van der Waals surface area contributed by atoms with E-state index in [1.807, 2.05) is 30.3 Å². The molecule has 0 aromatic heterocycles. The molecule has 1 amide bonds. The molecule has 16 heavy (non-hydrogen) atoms. The molecule has 1 unspecified atom stereocenters. The van der Waals surface area contributed by atoms with Crippen LogP contribution in [-0.4, -0.2) is 17.8 Å².